The van der Waals surface area contributed by atoms with Crippen LogP contribution in [0.5, 0.6) is 5.75 Å². The van der Waals surface area contributed by atoms with Crippen LogP contribution in [0.1, 0.15) is 16.9 Å². The summed E-state index contributed by atoms with van der Waals surface area (Å²) in [5, 5.41) is 2.89. The molecule has 158 valence electrons. The summed E-state index contributed by atoms with van der Waals surface area (Å²) >= 11 is 4.99. The number of thiophene rings is 1. The molecule has 0 spiro atoms. The molecule has 0 saturated heterocycles. The van der Waals surface area contributed by atoms with Gasteiger partial charge in [-0.2, -0.15) is 0 Å². The zero-order valence-corrected chi connectivity index (χ0v) is 19.2. The molecular weight excluding hydrogens is 478 g/mol. The van der Waals surface area contributed by atoms with E-state index in [1.807, 2.05) is 60.7 Å². The number of nitrogens with zero attached hydrogens (tertiary/aromatic N) is 2. The summed E-state index contributed by atoms with van der Waals surface area (Å²) in [5.41, 5.74) is 2.97. The number of fused-ring (bicyclic) bond motifs is 1. The van der Waals surface area contributed by atoms with Crippen LogP contribution in [0.25, 0.3) is 0 Å². The molecule has 0 atom stereocenters. The molecule has 1 aliphatic heterocycles. The van der Waals surface area contributed by atoms with Gasteiger partial charge in [0.1, 0.15) is 12.3 Å². The highest BCUT2D eigenvalue weighted by atomic mass is 79.9. The number of methoxy groups -OCH3 is 1. The number of benzene rings is 2. The zero-order valence-electron chi connectivity index (χ0n) is 16.8. The van der Waals surface area contributed by atoms with Crippen molar-refractivity contribution in [1.29, 1.82) is 0 Å². The molecule has 0 aliphatic carbocycles. The Balaban J connectivity index is 1.49. The number of hydrogen-bond acceptors (Lipinski definition) is 5. The van der Waals surface area contributed by atoms with Crippen LogP contribution >= 0.6 is 27.3 Å². The Labute approximate surface area is 192 Å². The molecule has 31 heavy (non-hydrogen) atoms. The molecule has 1 aliphatic rings. The molecule has 0 bridgehead atoms. The summed E-state index contributed by atoms with van der Waals surface area (Å²) in [6.07, 6.45) is 0.132. The van der Waals surface area contributed by atoms with Gasteiger partial charge in [-0.3, -0.25) is 9.59 Å². The molecule has 0 unspecified atom stereocenters. The van der Waals surface area contributed by atoms with Crippen LogP contribution in [-0.4, -0.2) is 31.2 Å². The fraction of sp³-hybridized carbons (Fsp3) is 0.174. The van der Waals surface area contributed by atoms with Crippen LogP contribution < -0.4 is 15.0 Å². The van der Waals surface area contributed by atoms with E-state index in [0.29, 0.717) is 23.6 Å². The molecule has 1 N–H and O–H groups in total. The molecule has 4 rings (SSSR count). The second kappa shape index (κ2) is 9.45. The predicted octanol–water partition coefficient (Wildman–Crippen LogP) is 4.69. The minimum absolute atomic E-state index is 0.0665. The summed E-state index contributed by atoms with van der Waals surface area (Å²) in [5.74, 6) is 0.365. The first-order valence-corrected chi connectivity index (χ1v) is 11.3. The van der Waals surface area contributed by atoms with Crippen molar-refractivity contribution in [2.45, 2.75) is 13.0 Å². The van der Waals surface area contributed by atoms with Crippen LogP contribution in [0.2, 0.25) is 0 Å². The third kappa shape index (κ3) is 5.03. The van der Waals surface area contributed by atoms with Crippen molar-refractivity contribution >= 4 is 56.2 Å². The first-order valence-electron chi connectivity index (χ1n) is 9.66. The van der Waals surface area contributed by atoms with Crippen LogP contribution in [0.3, 0.4) is 0 Å². The van der Waals surface area contributed by atoms with E-state index < -0.39 is 0 Å². The lowest BCUT2D eigenvalue weighted by Crippen LogP contribution is -2.40. The summed E-state index contributed by atoms with van der Waals surface area (Å²) in [6, 6.07) is 18.8. The maximum Gasteiger partial charge on any atom is 0.240 e. The summed E-state index contributed by atoms with van der Waals surface area (Å²) < 4.78 is 6.13. The number of carbonyl (C=O) groups excluding carboxylic acids is 2. The van der Waals surface area contributed by atoms with Gasteiger partial charge in [-0.1, -0.05) is 24.3 Å². The third-order valence-corrected chi connectivity index (χ3v) is 6.53. The van der Waals surface area contributed by atoms with Crippen molar-refractivity contribution in [3.8, 4) is 5.75 Å². The number of rotatable bonds is 6. The average molecular weight is 498 g/mol. The zero-order chi connectivity index (χ0) is 21.8. The Hall–Kier alpha value is -2.97. The molecule has 2 heterocycles. The van der Waals surface area contributed by atoms with E-state index in [1.54, 1.807) is 7.11 Å². The molecule has 2 amide bonds. The summed E-state index contributed by atoms with van der Waals surface area (Å²) in [4.78, 5) is 32.9. The fourth-order valence-electron chi connectivity index (χ4n) is 3.27. The van der Waals surface area contributed by atoms with Gasteiger partial charge in [0.05, 0.1) is 39.3 Å². The highest BCUT2D eigenvalue weighted by molar-refractivity contribution is 9.11. The van der Waals surface area contributed by atoms with Crippen molar-refractivity contribution in [3.05, 3.63) is 74.9 Å². The van der Waals surface area contributed by atoms with Gasteiger partial charge in [0.25, 0.3) is 0 Å². The number of carbonyl (C=O) groups is 2. The normalized spacial score (nSPS) is 13.3. The Kier molecular flexibility index (Phi) is 6.48. The lowest BCUT2D eigenvalue weighted by atomic mass is 10.2. The molecule has 0 saturated carbocycles. The van der Waals surface area contributed by atoms with Gasteiger partial charge in [-0.15, -0.1) is 11.3 Å². The predicted molar refractivity (Wildman–Crippen MR) is 126 cm³/mol. The number of ether oxygens (including phenoxy) is 1. The lowest BCUT2D eigenvalue weighted by Gasteiger charge is -2.22. The Morgan fingerprint density at radius 2 is 1.94 bits per heavy atom. The van der Waals surface area contributed by atoms with Crippen LogP contribution in [0.4, 0.5) is 11.4 Å². The summed E-state index contributed by atoms with van der Waals surface area (Å²) in [6.45, 7) is 0.306. The number of anilines is 1. The van der Waals surface area contributed by atoms with E-state index in [2.05, 4.69) is 21.2 Å². The van der Waals surface area contributed by atoms with Gasteiger partial charge in [0.2, 0.25) is 11.8 Å². The molecule has 6 nitrogen and oxygen atoms in total. The standard InChI is InChI=1S/C23H20BrN3O3S/c1-30-16-8-6-15(7-9-16)13-25-22(28)14-27-19-5-3-2-4-17(19)26-18(12-23(27)29)20-10-11-21(24)31-20/h2-11H,12-14H2,1H3,(H,25,28). The lowest BCUT2D eigenvalue weighted by molar-refractivity contribution is -0.123. The highest BCUT2D eigenvalue weighted by Gasteiger charge is 2.27. The van der Waals surface area contributed by atoms with Crippen LogP contribution in [-0.2, 0) is 16.1 Å². The largest absolute Gasteiger partial charge is 0.497 e. The van der Waals surface area contributed by atoms with Gasteiger partial charge in [0, 0.05) is 6.54 Å². The Morgan fingerprint density at radius 1 is 1.16 bits per heavy atom. The van der Waals surface area contributed by atoms with Crippen molar-refractivity contribution in [3.63, 3.8) is 0 Å². The second-order valence-electron chi connectivity index (χ2n) is 6.93. The number of amides is 2. The third-order valence-electron chi connectivity index (χ3n) is 4.86. The minimum atomic E-state index is -0.235. The van der Waals surface area contributed by atoms with Gasteiger partial charge in [-0.05, 0) is 57.9 Å². The number of para-hydroxylation sites is 2. The van der Waals surface area contributed by atoms with E-state index >= 15 is 0 Å². The smallest absolute Gasteiger partial charge is 0.240 e. The fourth-order valence-corrected chi connectivity index (χ4v) is 4.65. The summed E-state index contributed by atoms with van der Waals surface area (Å²) in [7, 11) is 1.61. The highest BCUT2D eigenvalue weighted by Crippen LogP contribution is 2.34. The van der Waals surface area contributed by atoms with E-state index in [-0.39, 0.29) is 24.8 Å². The number of halogens is 1. The quantitative estimate of drug-likeness (QED) is 0.536. The molecule has 2 aromatic carbocycles. The average Bonchev–Trinajstić information content (AvgIpc) is 3.17. The second-order valence-corrected chi connectivity index (χ2v) is 9.40. The molecule has 0 fully saturated rings. The Bertz CT molecular complexity index is 1140. The molecule has 0 radical (unpaired) electrons. The SMILES string of the molecule is COc1ccc(CNC(=O)CN2C(=O)CC(c3ccc(Br)s3)=Nc3ccccc32)cc1. The molecule has 1 aromatic heterocycles. The Morgan fingerprint density at radius 3 is 2.65 bits per heavy atom. The number of aliphatic imine (C=N–C) groups is 1. The molecule has 8 heteroatoms. The first kappa shape index (κ1) is 21.3. The van der Waals surface area contributed by atoms with Crippen molar-refractivity contribution in [2.24, 2.45) is 4.99 Å². The van der Waals surface area contributed by atoms with E-state index in [4.69, 9.17) is 9.73 Å². The van der Waals surface area contributed by atoms with Crippen molar-refractivity contribution < 1.29 is 14.3 Å². The van der Waals surface area contributed by atoms with Gasteiger partial charge in [0.15, 0.2) is 0 Å². The van der Waals surface area contributed by atoms with Crippen LogP contribution in [0.15, 0.2) is 69.4 Å². The molecule has 3 aromatic rings. The molecular formula is C23H20BrN3O3S. The van der Waals surface area contributed by atoms with Crippen LogP contribution in [0, 0.1) is 0 Å². The van der Waals surface area contributed by atoms with Gasteiger partial charge < -0.3 is 15.0 Å². The topological polar surface area (TPSA) is 71.0 Å². The van der Waals surface area contributed by atoms with E-state index in [9.17, 15) is 9.59 Å². The van der Waals surface area contributed by atoms with Crippen molar-refractivity contribution in [1.82, 2.24) is 5.32 Å². The maximum atomic E-state index is 13.1. The monoisotopic (exact) mass is 497 g/mol. The van der Waals surface area contributed by atoms with E-state index in [0.717, 1.165) is 20.0 Å². The van der Waals surface area contributed by atoms with Crippen molar-refractivity contribution in [2.75, 3.05) is 18.6 Å². The van der Waals surface area contributed by atoms with E-state index in [1.165, 1.54) is 16.2 Å². The minimum Gasteiger partial charge on any atom is -0.497 e. The number of nitrogens with one attached hydrogen (secondary N) is 1. The number of hydrogen-bond donors (Lipinski definition) is 1. The van der Waals surface area contributed by atoms with Gasteiger partial charge >= 0.3 is 0 Å². The van der Waals surface area contributed by atoms with Gasteiger partial charge in [-0.25, -0.2) is 4.99 Å². The maximum absolute atomic E-state index is 13.1. The first-order chi connectivity index (χ1) is 15.0.